The van der Waals surface area contributed by atoms with Crippen molar-refractivity contribution in [1.29, 1.82) is 0 Å². The third-order valence-electron chi connectivity index (χ3n) is 7.16. The minimum Gasteiger partial charge on any atom is -0.497 e. The fourth-order valence-electron chi connectivity index (χ4n) is 6.05. The molecule has 1 fully saturated rings. The Balaban J connectivity index is 1.69. The van der Waals surface area contributed by atoms with Crippen molar-refractivity contribution in [2.75, 3.05) is 7.11 Å². The van der Waals surface area contributed by atoms with E-state index in [1.165, 1.54) is 44.1 Å². The number of aryl methyl sites for hydroxylation is 1. The van der Waals surface area contributed by atoms with Crippen molar-refractivity contribution in [1.82, 2.24) is 0 Å². The first-order chi connectivity index (χ1) is 11.2. The third kappa shape index (κ3) is 2.05. The number of allylic oxidation sites excluding steroid dienone is 3. The molecular weight excluding hydrogens is 280 g/mol. The Kier molecular flexibility index (Phi) is 3.63. The van der Waals surface area contributed by atoms with E-state index in [0.29, 0.717) is 5.41 Å². The summed E-state index contributed by atoms with van der Waals surface area (Å²) in [6.45, 7) is 6.49. The van der Waals surface area contributed by atoms with Crippen LogP contribution in [0.4, 0.5) is 0 Å². The minimum atomic E-state index is 0.424. The highest BCUT2D eigenvalue weighted by Crippen LogP contribution is 2.62. The van der Waals surface area contributed by atoms with Gasteiger partial charge in [0.25, 0.3) is 0 Å². The largest absolute Gasteiger partial charge is 0.497 e. The van der Waals surface area contributed by atoms with E-state index < -0.39 is 0 Å². The van der Waals surface area contributed by atoms with E-state index in [-0.39, 0.29) is 0 Å². The SMILES string of the molecule is C=CC1=CCC2C3CCc4cc(OC)ccc4C3CC[C@]12CC. The lowest BCUT2D eigenvalue weighted by Crippen LogP contribution is -2.42. The van der Waals surface area contributed by atoms with Crippen molar-refractivity contribution in [3.8, 4) is 5.75 Å². The monoisotopic (exact) mass is 308 g/mol. The maximum absolute atomic E-state index is 5.43. The summed E-state index contributed by atoms with van der Waals surface area (Å²) in [6.07, 6.45) is 12.4. The van der Waals surface area contributed by atoms with Gasteiger partial charge in [-0.25, -0.2) is 0 Å². The molecule has 23 heavy (non-hydrogen) atoms. The zero-order valence-corrected chi connectivity index (χ0v) is 14.5. The zero-order valence-electron chi connectivity index (χ0n) is 14.5. The lowest BCUT2D eigenvalue weighted by atomic mass is 9.53. The highest BCUT2D eigenvalue weighted by atomic mass is 16.5. The topological polar surface area (TPSA) is 9.23 Å². The van der Waals surface area contributed by atoms with Gasteiger partial charge in [0.05, 0.1) is 7.11 Å². The Labute approximate surface area is 140 Å². The molecule has 4 rings (SSSR count). The second-order valence-electron chi connectivity index (χ2n) is 7.63. The Morgan fingerprint density at radius 2 is 2.22 bits per heavy atom. The number of hydrogen-bond donors (Lipinski definition) is 0. The number of methoxy groups -OCH3 is 1. The van der Waals surface area contributed by atoms with Crippen LogP contribution in [0.2, 0.25) is 0 Å². The average molecular weight is 308 g/mol. The summed E-state index contributed by atoms with van der Waals surface area (Å²) in [5.74, 6) is 3.44. The number of hydrogen-bond acceptors (Lipinski definition) is 1. The van der Waals surface area contributed by atoms with Crippen LogP contribution in [0.15, 0.2) is 42.5 Å². The van der Waals surface area contributed by atoms with E-state index in [2.05, 4.69) is 43.9 Å². The molecule has 0 spiro atoms. The van der Waals surface area contributed by atoms with E-state index in [9.17, 15) is 0 Å². The molecule has 1 heteroatoms. The minimum absolute atomic E-state index is 0.424. The molecule has 1 nitrogen and oxygen atoms in total. The molecule has 0 aliphatic heterocycles. The van der Waals surface area contributed by atoms with Gasteiger partial charge in [0.15, 0.2) is 0 Å². The smallest absolute Gasteiger partial charge is 0.119 e. The standard InChI is InChI=1S/C22H28O/c1-4-16-7-11-21-20-9-6-15-14-17(23-3)8-10-18(15)19(20)12-13-22(16,21)5-2/h4,7-8,10,14,19-21H,1,5-6,9,11-13H2,2-3H3/t19?,20?,21?,22-/m1/s1. The summed E-state index contributed by atoms with van der Waals surface area (Å²) >= 11 is 0. The second-order valence-corrected chi connectivity index (χ2v) is 7.63. The second kappa shape index (κ2) is 5.54. The summed E-state index contributed by atoms with van der Waals surface area (Å²) < 4.78 is 5.43. The van der Waals surface area contributed by atoms with E-state index >= 15 is 0 Å². The third-order valence-corrected chi connectivity index (χ3v) is 7.16. The van der Waals surface area contributed by atoms with Crippen molar-refractivity contribution < 1.29 is 4.74 Å². The molecule has 3 unspecified atom stereocenters. The summed E-state index contributed by atoms with van der Waals surface area (Å²) in [6, 6.07) is 6.78. The fraction of sp³-hybridized carbons (Fsp3) is 0.545. The lowest BCUT2D eigenvalue weighted by molar-refractivity contribution is 0.0600. The highest BCUT2D eigenvalue weighted by molar-refractivity contribution is 5.42. The average Bonchev–Trinajstić information content (AvgIpc) is 2.99. The van der Waals surface area contributed by atoms with Crippen LogP contribution in [0.5, 0.6) is 5.75 Å². The van der Waals surface area contributed by atoms with Gasteiger partial charge in [-0.1, -0.05) is 31.7 Å². The van der Waals surface area contributed by atoms with Crippen LogP contribution in [0, 0.1) is 17.3 Å². The first kappa shape index (κ1) is 15.1. The first-order valence-corrected chi connectivity index (χ1v) is 9.23. The number of benzene rings is 1. The summed E-state index contributed by atoms with van der Waals surface area (Å²) in [5, 5.41) is 0. The molecule has 1 aromatic carbocycles. The number of fused-ring (bicyclic) bond motifs is 5. The first-order valence-electron chi connectivity index (χ1n) is 9.23. The maximum atomic E-state index is 5.43. The van der Waals surface area contributed by atoms with Gasteiger partial charge in [0.2, 0.25) is 0 Å². The normalized spacial score (nSPS) is 34.9. The molecule has 4 atom stereocenters. The highest BCUT2D eigenvalue weighted by Gasteiger charge is 2.52. The molecule has 3 aliphatic carbocycles. The van der Waals surface area contributed by atoms with Crippen LogP contribution in [0.25, 0.3) is 0 Å². The summed E-state index contributed by atoms with van der Waals surface area (Å²) in [5.41, 5.74) is 5.11. The van der Waals surface area contributed by atoms with Gasteiger partial charge in [0.1, 0.15) is 5.75 Å². The zero-order chi connectivity index (χ0) is 16.0. The van der Waals surface area contributed by atoms with Crippen molar-refractivity contribution in [3.05, 3.63) is 53.6 Å². The van der Waals surface area contributed by atoms with Gasteiger partial charge in [-0.3, -0.25) is 0 Å². The summed E-state index contributed by atoms with van der Waals surface area (Å²) in [7, 11) is 1.77. The molecule has 122 valence electrons. The molecule has 0 amide bonds. The van der Waals surface area contributed by atoms with Crippen molar-refractivity contribution >= 4 is 0 Å². The van der Waals surface area contributed by atoms with Gasteiger partial charge < -0.3 is 4.74 Å². The van der Waals surface area contributed by atoms with Gasteiger partial charge >= 0.3 is 0 Å². The van der Waals surface area contributed by atoms with Crippen molar-refractivity contribution in [2.45, 2.75) is 51.4 Å². The van der Waals surface area contributed by atoms with E-state index in [4.69, 9.17) is 4.74 Å². The van der Waals surface area contributed by atoms with Crippen LogP contribution in [-0.2, 0) is 6.42 Å². The van der Waals surface area contributed by atoms with Crippen LogP contribution in [0.3, 0.4) is 0 Å². The number of rotatable bonds is 3. The lowest BCUT2D eigenvalue weighted by Gasteiger charge is -2.51. The molecule has 1 saturated carbocycles. The van der Waals surface area contributed by atoms with E-state index in [1.54, 1.807) is 18.2 Å². The molecule has 0 N–H and O–H groups in total. The Bertz CT molecular complexity index is 656. The Morgan fingerprint density at radius 1 is 1.35 bits per heavy atom. The molecule has 1 aromatic rings. The van der Waals surface area contributed by atoms with Gasteiger partial charge in [-0.2, -0.15) is 0 Å². The fourth-order valence-corrected chi connectivity index (χ4v) is 6.05. The van der Waals surface area contributed by atoms with Gasteiger partial charge in [-0.15, -0.1) is 0 Å². The van der Waals surface area contributed by atoms with E-state index in [1.807, 2.05) is 0 Å². The molecule has 0 bridgehead atoms. The molecule has 0 saturated heterocycles. The molecular formula is C22H28O. The van der Waals surface area contributed by atoms with Crippen molar-refractivity contribution in [3.63, 3.8) is 0 Å². The molecule has 3 aliphatic rings. The summed E-state index contributed by atoms with van der Waals surface area (Å²) in [4.78, 5) is 0. The van der Waals surface area contributed by atoms with Crippen LogP contribution >= 0.6 is 0 Å². The molecule has 0 radical (unpaired) electrons. The maximum Gasteiger partial charge on any atom is 0.119 e. The molecule has 0 heterocycles. The Hall–Kier alpha value is -1.50. The van der Waals surface area contributed by atoms with Gasteiger partial charge in [-0.05, 0) is 90.5 Å². The predicted molar refractivity (Wildman–Crippen MR) is 95.9 cm³/mol. The van der Waals surface area contributed by atoms with Crippen molar-refractivity contribution in [2.24, 2.45) is 17.3 Å². The predicted octanol–water partition coefficient (Wildman–Crippen LogP) is 5.66. The van der Waals surface area contributed by atoms with Crippen LogP contribution in [-0.4, -0.2) is 7.11 Å². The van der Waals surface area contributed by atoms with Crippen LogP contribution in [0.1, 0.15) is 56.1 Å². The number of ether oxygens (including phenoxy) is 1. The Morgan fingerprint density at radius 3 is 2.96 bits per heavy atom. The van der Waals surface area contributed by atoms with Crippen LogP contribution < -0.4 is 4.74 Å². The van der Waals surface area contributed by atoms with E-state index in [0.717, 1.165) is 23.5 Å². The quantitative estimate of drug-likeness (QED) is 0.699. The molecule has 0 aromatic heterocycles. The van der Waals surface area contributed by atoms with Gasteiger partial charge in [0, 0.05) is 0 Å².